The van der Waals surface area contributed by atoms with Gasteiger partial charge in [-0.25, -0.2) is 8.78 Å². The summed E-state index contributed by atoms with van der Waals surface area (Å²) in [6.07, 6.45) is 0. The van der Waals surface area contributed by atoms with Crippen molar-refractivity contribution in [2.45, 2.75) is 17.8 Å². The first kappa shape index (κ1) is 21.8. The first-order chi connectivity index (χ1) is 15.5. The molecule has 32 heavy (non-hydrogen) atoms. The first-order valence-electron chi connectivity index (χ1n) is 9.81. The van der Waals surface area contributed by atoms with E-state index in [2.05, 4.69) is 10.2 Å². The van der Waals surface area contributed by atoms with E-state index in [1.165, 1.54) is 17.8 Å². The van der Waals surface area contributed by atoms with E-state index in [4.69, 9.17) is 9.47 Å². The molecule has 0 aliphatic rings. The molecule has 0 spiro atoms. The lowest BCUT2D eigenvalue weighted by atomic mass is 10.1. The van der Waals surface area contributed by atoms with Crippen LogP contribution >= 0.6 is 11.8 Å². The van der Waals surface area contributed by atoms with Crippen molar-refractivity contribution in [3.8, 4) is 28.6 Å². The van der Waals surface area contributed by atoms with Gasteiger partial charge in [-0.05, 0) is 49.4 Å². The Kier molecular flexibility index (Phi) is 6.41. The number of hydrogen-bond donors (Lipinski definition) is 0. The minimum atomic E-state index is -0.480. The summed E-state index contributed by atoms with van der Waals surface area (Å²) in [5, 5.41) is 9.30. The third-order valence-electron chi connectivity index (χ3n) is 4.90. The lowest BCUT2D eigenvalue weighted by molar-refractivity contribution is 0.394. The fourth-order valence-electron chi connectivity index (χ4n) is 3.21. The number of benzene rings is 3. The number of thioether (sulfide) groups is 1. The SMILES string of the molecule is COc1cc(OC)cc(-c2nnc(SCc3cc(F)ccc3F)n2-c2ccc(C)cc2)c1. The van der Waals surface area contributed by atoms with Gasteiger partial charge in [0.1, 0.15) is 23.1 Å². The molecule has 4 aromatic rings. The molecule has 0 N–H and O–H groups in total. The molecule has 5 nitrogen and oxygen atoms in total. The topological polar surface area (TPSA) is 49.2 Å². The highest BCUT2D eigenvalue weighted by Crippen LogP contribution is 2.34. The Hall–Kier alpha value is -3.39. The van der Waals surface area contributed by atoms with Crippen LogP contribution in [0.1, 0.15) is 11.1 Å². The van der Waals surface area contributed by atoms with Crippen molar-refractivity contribution in [2.24, 2.45) is 0 Å². The summed E-state index contributed by atoms with van der Waals surface area (Å²) in [6, 6.07) is 16.8. The van der Waals surface area contributed by atoms with Crippen LogP contribution < -0.4 is 9.47 Å². The average molecular weight is 454 g/mol. The van der Waals surface area contributed by atoms with Crippen molar-refractivity contribution in [2.75, 3.05) is 14.2 Å². The smallest absolute Gasteiger partial charge is 0.196 e. The van der Waals surface area contributed by atoms with E-state index in [0.717, 1.165) is 28.9 Å². The molecule has 0 aliphatic carbocycles. The molecular formula is C24H21F2N3O2S. The van der Waals surface area contributed by atoms with Gasteiger partial charge in [0.15, 0.2) is 11.0 Å². The second kappa shape index (κ2) is 9.40. The molecule has 0 aliphatic heterocycles. The van der Waals surface area contributed by atoms with Crippen LogP contribution in [0.25, 0.3) is 17.1 Å². The minimum Gasteiger partial charge on any atom is -0.497 e. The molecule has 0 fully saturated rings. The second-order valence-corrected chi connectivity index (χ2v) is 8.05. The number of hydrogen-bond acceptors (Lipinski definition) is 5. The Morgan fingerprint density at radius 2 is 1.56 bits per heavy atom. The maximum Gasteiger partial charge on any atom is 0.196 e. The van der Waals surface area contributed by atoms with Crippen molar-refractivity contribution in [3.63, 3.8) is 0 Å². The van der Waals surface area contributed by atoms with Gasteiger partial charge in [0, 0.05) is 28.6 Å². The Morgan fingerprint density at radius 3 is 2.22 bits per heavy atom. The number of ether oxygens (including phenoxy) is 2. The molecule has 1 aromatic heterocycles. The van der Waals surface area contributed by atoms with Crippen molar-refractivity contribution >= 4 is 11.8 Å². The van der Waals surface area contributed by atoms with Crippen LogP contribution in [-0.4, -0.2) is 29.0 Å². The maximum absolute atomic E-state index is 14.1. The van der Waals surface area contributed by atoms with Gasteiger partial charge < -0.3 is 9.47 Å². The normalized spacial score (nSPS) is 10.9. The molecule has 0 atom stereocenters. The maximum atomic E-state index is 14.1. The number of methoxy groups -OCH3 is 2. The van der Waals surface area contributed by atoms with Crippen LogP contribution in [0, 0.1) is 18.6 Å². The quantitative estimate of drug-likeness (QED) is 0.330. The standard InChI is InChI=1S/C24H21F2N3O2S/c1-15-4-7-19(8-5-15)29-23(16-11-20(30-2)13-21(12-16)31-3)27-28-24(29)32-14-17-10-18(25)6-9-22(17)26/h4-13H,14H2,1-3H3. The number of halogens is 2. The van der Waals surface area contributed by atoms with Crippen molar-refractivity contribution in [1.29, 1.82) is 0 Å². The van der Waals surface area contributed by atoms with Crippen LogP contribution in [0.3, 0.4) is 0 Å². The van der Waals surface area contributed by atoms with Gasteiger partial charge in [0.2, 0.25) is 0 Å². The predicted molar refractivity (Wildman–Crippen MR) is 121 cm³/mol. The van der Waals surface area contributed by atoms with Crippen molar-refractivity contribution in [1.82, 2.24) is 14.8 Å². The van der Waals surface area contributed by atoms with Gasteiger partial charge in [-0.2, -0.15) is 0 Å². The summed E-state index contributed by atoms with van der Waals surface area (Å²) in [5.41, 5.74) is 2.97. The lowest BCUT2D eigenvalue weighted by Crippen LogP contribution is -2.01. The van der Waals surface area contributed by atoms with Gasteiger partial charge in [-0.15, -0.1) is 10.2 Å². The van der Waals surface area contributed by atoms with Gasteiger partial charge in [0.05, 0.1) is 14.2 Å². The fraction of sp³-hybridized carbons (Fsp3) is 0.167. The molecule has 4 rings (SSSR count). The fourth-order valence-corrected chi connectivity index (χ4v) is 4.14. The molecule has 0 amide bonds. The molecule has 0 saturated carbocycles. The molecule has 8 heteroatoms. The van der Waals surface area contributed by atoms with Crippen molar-refractivity contribution in [3.05, 3.63) is 83.4 Å². The van der Waals surface area contributed by atoms with E-state index in [0.29, 0.717) is 22.5 Å². The van der Waals surface area contributed by atoms with Crippen LogP contribution in [-0.2, 0) is 5.75 Å². The highest BCUT2D eigenvalue weighted by Gasteiger charge is 2.18. The number of aromatic nitrogens is 3. The average Bonchev–Trinajstić information content (AvgIpc) is 3.23. The van der Waals surface area contributed by atoms with Crippen molar-refractivity contribution < 1.29 is 18.3 Å². The van der Waals surface area contributed by atoms with Crippen LogP contribution in [0.4, 0.5) is 8.78 Å². The van der Waals surface area contributed by atoms with E-state index in [-0.39, 0.29) is 11.3 Å². The Labute approximate surface area is 189 Å². The van der Waals surface area contributed by atoms with E-state index < -0.39 is 11.6 Å². The predicted octanol–water partition coefficient (Wildman–Crippen LogP) is 5.83. The number of nitrogens with zero attached hydrogens (tertiary/aromatic N) is 3. The van der Waals surface area contributed by atoms with E-state index in [9.17, 15) is 8.78 Å². The van der Waals surface area contributed by atoms with Gasteiger partial charge in [-0.3, -0.25) is 4.57 Å². The number of rotatable bonds is 7. The van der Waals surface area contributed by atoms with Gasteiger partial charge in [-0.1, -0.05) is 29.5 Å². The van der Waals surface area contributed by atoms with Gasteiger partial charge in [0.25, 0.3) is 0 Å². The third-order valence-corrected chi connectivity index (χ3v) is 5.88. The zero-order valence-electron chi connectivity index (χ0n) is 17.8. The second-order valence-electron chi connectivity index (χ2n) is 7.10. The third kappa shape index (κ3) is 4.60. The summed E-state index contributed by atoms with van der Waals surface area (Å²) >= 11 is 1.28. The van der Waals surface area contributed by atoms with Crippen LogP contribution in [0.5, 0.6) is 11.5 Å². The van der Waals surface area contributed by atoms with Crippen LogP contribution in [0.2, 0.25) is 0 Å². The summed E-state index contributed by atoms with van der Waals surface area (Å²) < 4.78 is 40.4. The highest BCUT2D eigenvalue weighted by molar-refractivity contribution is 7.98. The molecule has 0 unspecified atom stereocenters. The van der Waals surface area contributed by atoms with E-state index >= 15 is 0 Å². The molecule has 3 aromatic carbocycles. The lowest BCUT2D eigenvalue weighted by Gasteiger charge is -2.13. The highest BCUT2D eigenvalue weighted by atomic mass is 32.2. The zero-order valence-corrected chi connectivity index (χ0v) is 18.6. The first-order valence-corrected chi connectivity index (χ1v) is 10.8. The van der Waals surface area contributed by atoms with E-state index in [1.54, 1.807) is 20.3 Å². The number of aryl methyl sites for hydroxylation is 1. The summed E-state index contributed by atoms with van der Waals surface area (Å²) in [6.45, 7) is 2.01. The molecule has 164 valence electrons. The Balaban J connectivity index is 1.79. The summed E-state index contributed by atoms with van der Waals surface area (Å²) in [5.74, 6) is 1.08. The molecule has 0 bridgehead atoms. The summed E-state index contributed by atoms with van der Waals surface area (Å²) in [7, 11) is 3.16. The molecule has 0 radical (unpaired) electrons. The largest absolute Gasteiger partial charge is 0.497 e. The zero-order chi connectivity index (χ0) is 22.7. The Morgan fingerprint density at radius 1 is 0.875 bits per heavy atom. The van der Waals surface area contributed by atoms with Gasteiger partial charge >= 0.3 is 0 Å². The molecular weight excluding hydrogens is 432 g/mol. The van der Waals surface area contributed by atoms with E-state index in [1.807, 2.05) is 47.9 Å². The Bertz CT molecular complexity index is 1220. The monoisotopic (exact) mass is 453 g/mol. The molecule has 0 saturated heterocycles. The summed E-state index contributed by atoms with van der Waals surface area (Å²) in [4.78, 5) is 0. The minimum absolute atomic E-state index is 0.203. The van der Waals surface area contributed by atoms with Crippen LogP contribution in [0.15, 0.2) is 65.8 Å². The molecule has 1 heterocycles.